The quantitative estimate of drug-likeness (QED) is 0.884. The summed E-state index contributed by atoms with van der Waals surface area (Å²) in [6.45, 7) is 0.295. The van der Waals surface area contributed by atoms with Crippen molar-refractivity contribution in [2.45, 2.75) is 19.4 Å². The van der Waals surface area contributed by atoms with Crippen molar-refractivity contribution in [2.24, 2.45) is 0 Å². The van der Waals surface area contributed by atoms with Gasteiger partial charge in [-0.15, -0.1) is 11.3 Å². The van der Waals surface area contributed by atoms with Gasteiger partial charge in [-0.25, -0.2) is 9.37 Å². The van der Waals surface area contributed by atoms with Crippen LogP contribution < -0.4 is 4.74 Å². The van der Waals surface area contributed by atoms with Crippen molar-refractivity contribution in [3.05, 3.63) is 46.2 Å². The molecule has 2 aromatic rings. The molecular weight excluding hydrogens is 269 g/mol. The summed E-state index contributed by atoms with van der Waals surface area (Å²) in [5.41, 5.74) is 0. The third-order valence-corrected chi connectivity index (χ3v) is 3.39. The predicted octanol–water partition coefficient (Wildman–Crippen LogP) is 2.88. The Morgan fingerprint density at radius 2 is 2.11 bits per heavy atom. The van der Waals surface area contributed by atoms with Crippen LogP contribution >= 0.6 is 11.3 Å². The molecule has 0 unspecified atom stereocenters. The van der Waals surface area contributed by atoms with Crippen LogP contribution in [-0.4, -0.2) is 16.1 Å². The molecule has 0 saturated carbocycles. The van der Waals surface area contributed by atoms with Crippen molar-refractivity contribution < 1.29 is 19.0 Å². The third-order valence-electron chi connectivity index (χ3n) is 2.36. The van der Waals surface area contributed by atoms with Gasteiger partial charge in [-0.3, -0.25) is 4.79 Å². The summed E-state index contributed by atoms with van der Waals surface area (Å²) in [7, 11) is 0. The average molecular weight is 281 g/mol. The molecule has 0 aliphatic rings. The van der Waals surface area contributed by atoms with E-state index in [1.807, 2.05) is 0 Å². The minimum Gasteiger partial charge on any atom is -0.486 e. The number of carboxylic acids is 1. The average Bonchev–Trinajstić information content (AvgIpc) is 2.84. The van der Waals surface area contributed by atoms with Gasteiger partial charge in [0.15, 0.2) is 0 Å². The number of halogens is 1. The van der Waals surface area contributed by atoms with Crippen molar-refractivity contribution in [3.63, 3.8) is 0 Å². The number of benzene rings is 1. The Morgan fingerprint density at radius 1 is 1.37 bits per heavy atom. The summed E-state index contributed by atoms with van der Waals surface area (Å²) < 4.78 is 18.1. The molecule has 0 atom stereocenters. The van der Waals surface area contributed by atoms with E-state index in [2.05, 4.69) is 4.98 Å². The van der Waals surface area contributed by atoms with Crippen LogP contribution in [0.15, 0.2) is 30.5 Å². The Bertz CT molecular complexity index is 553. The van der Waals surface area contributed by atoms with Crippen molar-refractivity contribution in [3.8, 4) is 5.75 Å². The number of aliphatic carboxylic acids is 1. The molecule has 0 bridgehead atoms. The number of rotatable bonds is 6. The van der Waals surface area contributed by atoms with Crippen LogP contribution in [-0.2, 0) is 17.8 Å². The molecule has 1 N–H and O–H groups in total. The number of thiazole rings is 1. The zero-order chi connectivity index (χ0) is 13.7. The topological polar surface area (TPSA) is 59.4 Å². The Balaban J connectivity index is 1.86. The minimum absolute atomic E-state index is 0.0977. The molecule has 100 valence electrons. The molecule has 1 aromatic heterocycles. The molecule has 0 aliphatic heterocycles. The maximum atomic E-state index is 12.7. The maximum absolute atomic E-state index is 12.7. The fraction of sp³-hybridized carbons (Fsp3) is 0.231. The monoisotopic (exact) mass is 281 g/mol. The molecule has 6 heteroatoms. The summed E-state index contributed by atoms with van der Waals surface area (Å²) in [4.78, 5) is 15.5. The van der Waals surface area contributed by atoms with E-state index in [-0.39, 0.29) is 12.2 Å². The van der Waals surface area contributed by atoms with Gasteiger partial charge in [-0.1, -0.05) is 0 Å². The van der Waals surface area contributed by atoms with Crippen molar-refractivity contribution in [1.29, 1.82) is 0 Å². The largest absolute Gasteiger partial charge is 0.486 e. The van der Waals surface area contributed by atoms with E-state index >= 15 is 0 Å². The van der Waals surface area contributed by atoms with Crippen LogP contribution in [0.1, 0.15) is 16.3 Å². The number of nitrogens with zero attached hydrogens (tertiary/aromatic N) is 1. The van der Waals surface area contributed by atoms with Crippen molar-refractivity contribution >= 4 is 17.3 Å². The van der Waals surface area contributed by atoms with Gasteiger partial charge in [0, 0.05) is 11.1 Å². The molecule has 0 amide bonds. The fourth-order valence-corrected chi connectivity index (χ4v) is 2.27. The lowest BCUT2D eigenvalue weighted by molar-refractivity contribution is -0.136. The summed E-state index contributed by atoms with van der Waals surface area (Å²) >= 11 is 1.42. The van der Waals surface area contributed by atoms with Gasteiger partial charge in [-0.2, -0.15) is 0 Å². The van der Waals surface area contributed by atoms with Gasteiger partial charge in [0.05, 0.1) is 6.42 Å². The molecule has 0 radical (unpaired) electrons. The Kier molecular flexibility index (Phi) is 4.46. The van der Waals surface area contributed by atoms with E-state index < -0.39 is 5.97 Å². The van der Waals surface area contributed by atoms with Gasteiger partial charge in [0.1, 0.15) is 23.2 Å². The summed E-state index contributed by atoms with van der Waals surface area (Å²) in [5.74, 6) is -0.557. The number of hydrogen-bond donors (Lipinski definition) is 1. The SMILES string of the molecule is O=C(O)CCc1cnc(COc2ccc(F)cc2)s1. The Morgan fingerprint density at radius 3 is 2.79 bits per heavy atom. The highest BCUT2D eigenvalue weighted by molar-refractivity contribution is 7.11. The van der Waals surface area contributed by atoms with Gasteiger partial charge in [0.2, 0.25) is 0 Å². The lowest BCUT2D eigenvalue weighted by Gasteiger charge is -2.02. The second-order valence-electron chi connectivity index (χ2n) is 3.86. The number of ether oxygens (including phenoxy) is 1. The Labute approximate surface area is 113 Å². The van der Waals surface area contributed by atoms with Crippen LogP contribution in [0.3, 0.4) is 0 Å². The van der Waals surface area contributed by atoms with Crippen molar-refractivity contribution in [2.75, 3.05) is 0 Å². The molecule has 1 heterocycles. The molecule has 0 aliphatic carbocycles. The van der Waals surface area contributed by atoms with Crippen LogP contribution in [0.4, 0.5) is 4.39 Å². The molecule has 2 rings (SSSR count). The smallest absolute Gasteiger partial charge is 0.303 e. The first-order valence-electron chi connectivity index (χ1n) is 5.67. The zero-order valence-electron chi connectivity index (χ0n) is 10.0. The van der Waals surface area contributed by atoms with Gasteiger partial charge in [-0.05, 0) is 30.7 Å². The predicted molar refractivity (Wildman–Crippen MR) is 68.8 cm³/mol. The lowest BCUT2D eigenvalue weighted by Crippen LogP contribution is -1.95. The first-order chi connectivity index (χ1) is 9.13. The van der Waals surface area contributed by atoms with E-state index in [1.54, 1.807) is 18.3 Å². The second-order valence-corrected chi connectivity index (χ2v) is 5.06. The molecule has 0 saturated heterocycles. The highest BCUT2D eigenvalue weighted by atomic mass is 32.1. The second kappa shape index (κ2) is 6.29. The number of aromatic nitrogens is 1. The van der Waals surface area contributed by atoms with Crippen LogP contribution in [0.25, 0.3) is 0 Å². The van der Waals surface area contributed by atoms with E-state index in [0.29, 0.717) is 18.8 Å². The summed E-state index contributed by atoms with van der Waals surface area (Å²) in [5, 5.41) is 9.35. The van der Waals surface area contributed by atoms with Crippen LogP contribution in [0.5, 0.6) is 5.75 Å². The maximum Gasteiger partial charge on any atom is 0.303 e. The third kappa shape index (κ3) is 4.33. The number of carbonyl (C=O) groups is 1. The number of hydrogen-bond acceptors (Lipinski definition) is 4. The van der Waals surface area contributed by atoms with Crippen LogP contribution in [0.2, 0.25) is 0 Å². The van der Waals surface area contributed by atoms with Crippen molar-refractivity contribution in [1.82, 2.24) is 4.98 Å². The minimum atomic E-state index is -0.822. The normalized spacial score (nSPS) is 10.4. The van der Waals surface area contributed by atoms with Gasteiger partial charge in [0.25, 0.3) is 0 Å². The molecule has 1 aromatic carbocycles. The standard InChI is InChI=1S/C13H12FNO3S/c14-9-1-3-10(4-2-9)18-8-12-15-7-11(19-12)5-6-13(16)17/h1-4,7H,5-6,8H2,(H,16,17). The molecule has 0 fully saturated rings. The lowest BCUT2D eigenvalue weighted by atomic mass is 10.3. The van der Waals surface area contributed by atoms with E-state index in [0.717, 1.165) is 9.88 Å². The molecular formula is C13H12FNO3S. The summed E-state index contributed by atoms with van der Waals surface area (Å²) in [6, 6.07) is 5.76. The van der Waals surface area contributed by atoms with E-state index in [4.69, 9.17) is 9.84 Å². The Hall–Kier alpha value is -1.95. The molecule has 4 nitrogen and oxygen atoms in total. The first kappa shape index (κ1) is 13.5. The first-order valence-corrected chi connectivity index (χ1v) is 6.49. The fourth-order valence-electron chi connectivity index (χ4n) is 1.44. The van der Waals surface area contributed by atoms with Gasteiger partial charge < -0.3 is 9.84 Å². The van der Waals surface area contributed by atoms with E-state index in [9.17, 15) is 9.18 Å². The molecule has 19 heavy (non-hydrogen) atoms. The highest BCUT2D eigenvalue weighted by Crippen LogP contribution is 2.18. The van der Waals surface area contributed by atoms with Crippen LogP contribution in [0, 0.1) is 5.82 Å². The number of carboxylic acid groups (broad SMARTS) is 1. The highest BCUT2D eigenvalue weighted by Gasteiger charge is 2.05. The van der Waals surface area contributed by atoms with E-state index in [1.165, 1.54) is 23.5 Å². The zero-order valence-corrected chi connectivity index (χ0v) is 10.8. The summed E-state index contributed by atoms with van der Waals surface area (Å²) in [6.07, 6.45) is 2.24. The van der Waals surface area contributed by atoms with Gasteiger partial charge >= 0.3 is 5.97 Å². The molecule has 0 spiro atoms. The number of aryl methyl sites for hydroxylation is 1.